The fraction of sp³-hybridized carbons (Fsp3) is 0.471. The largest absolute Gasteiger partial charge is 0.496 e. The van der Waals surface area contributed by atoms with Crippen molar-refractivity contribution in [2.24, 2.45) is 0 Å². The lowest BCUT2D eigenvalue weighted by atomic mass is 9.90. The van der Waals surface area contributed by atoms with Crippen LogP contribution >= 0.6 is 0 Å². The topological polar surface area (TPSA) is 39.4 Å². The van der Waals surface area contributed by atoms with Crippen LogP contribution in [0, 0.1) is 0 Å². The summed E-state index contributed by atoms with van der Waals surface area (Å²) in [6.45, 7) is 2.16. The second-order valence-electron chi connectivity index (χ2n) is 5.46. The lowest BCUT2D eigenvalue weighted by Crippen LogP contribution is -2.16. The summed E-state index contributed by atoms with van der Waals surface area (Å²) >= 11 is 0. The summed E-state index contributed by atoms with van der Waals surface area (Å²) in [5, 5.41) is 1.10. The van der Waals surface area contributed by atoms with Gasteiger partial charge in [-0.1, -0.05) is 13.3 Å². The average Bonchev–Trinajstić information content (AvgIpc) is 2.48. The molecule has 2 aromatic rings. The Balaban J connectivity index is 2.29. The van der Waals surface area contributed by atoms with E-state index in [1.165, 1.54) is 11.1 Å². The first-order valence-corrected chi connectivity index (χ1v) is 7.40. The van der Waals surface area contributed by atoms with E-state index in [2.05, 4.69) is 13.0 Å². The smallest absolute Gasteiger partial charge is 0.339 e. The zero-order valence-corrected chi connectivity index (χ0v) is 12.1. The Morgan fingerprint density at radius 3 is 2.65 bits per heavy atom. The molecule has 0 spiro atoms. The fourth-order valence-corrected chi connectivity index (χ4v) is 3.17. The van der Waals surface area contributed by atoms with Crippen molar-refractivity contribution < 1.29 is 9.15 Å². The Labute approximate surface area is 118 Å². The molecule has 0 atom stereocenters. The summed E-state index contributed by atoms with van der Waals surface area (Å²) in [6, 6.07) is 4.03. The maximum Gasteiger partial charge on any atom is 0.339 e. The van der Waals surface area contributed by atoms with Gasteiger partial charge in [0, 0.05) is 17.0 Å². The van der Waals surface area contributed by atoms with Crippen molar-refractivity contribution in [2.75, 3.05) is 7.11 Å². The van der Waals surface area contributed by atoms with Gasteiger partial charge < -0.3 is 9.15 Å². The van der Waals surface area contributed by atoms with Crippen LogP contribution in [0.5, 0.6) is 5.75 Å². The molecule has 0 N–H and O–H groups in total. The minimum absolute atomic E-state index is 0.169. The molecule has 106 valence electrons. The van der Waals surface area contributed by atoms with Gasteiger partial charge in [0.1, 0.15) is 11.3 Å². The van der Waals surface area contributed by atoms with Crippen LogP contribution in [0.1, 0.15) is 42.9 Å². The summed E-state index contributed by atoms with van der Waals surface area (Å²) < 4.78 is 10.9. The molecule has 0 saturated carbocycles. The number of aryl methyl sites for hydroxylation is 2. The molecule has 0 saturated heterocycles. The van der Waals surface area contributed by atoms with Gasteiger partial charge in [-0.2, -0.15) is 0 Å². The van der Waals surface area contributed by atoms with Gasteiger partial charge in [-0.25, -0.2) is 4.79 Å². The van der Waals surface area contributed by atoms with Crippen LogP contribution in [0.25, 0.3) is 11.0 Å². The molecule has 0 fully saturated rings. The summed E-state index contributed by atoms with van der Waals surface area (Å²) in [5.41, 5.74) is 3.77. The molecule has 0 radical (unpaired) electrons. The van der Waals surface area contributed by atoms with Crippen LogP contribution in [0.15, 0.2) is 21.3 Å². The molecule has 0 aliphatic heterocycles. The Morgan fingerprint density at radius 1 is 1.20 bits per heavy atom. The highest BCUT2D eigenvalue weighted by Crippen LogP contribution is 2.32. The summed E-state index contributed by atoms with van der Waals surface area (Å²) in [7, 11) is 1.66. The van der Waals surface area contributed by atoms with Crippen LogP contribution in [0.2, 0.25) is 0 Å². The standard InChI is InChI=1S/C17H20O3/c1-3-6-11-9-14-12-7-4-5-8-13(12)17(18)20-16(14)10-15(11)19-2/h9-10H,3-8H2,1-2H3. The Kier molecular flexibility index (Phi) is 3.51. The van der Waals surface area contributed by atoms with Crippen LogP contribution in [-0.2, 0) is 19.3 Å². The van der Waals surface area contributed by atoms with Gasteiger partial charge in [0.15, 0.2) is 0 Å². The van der Waals surface area contributed by atoms with Gasteiger partial charge in [-0.05, 0) is 49.3 Å². The molecule has 0 amide bonds. The third kappa shape index (κ3) is 2.11. The molecule has 1 aliphatic rings. The third-order valence-electron chi connectivity index (χ3n) is 4.14. The van der Waals surface area contributed by atoms with Gasteiger partial charge in [0.2, 0.25) is 0 Å². The predicted molar refractivity (Wildman–Crippen MR) is 79.7 cm³/mol. The van der Waals surface area contributed by atoms with E-state index in [-0.39, 0.29) is 5.63 Å². The van der Waals surface area contributed by atoms with Crippen molar-refractivity contribution in [3.8, 4) is 5.75 Å². The van der Waals surface area contributed by atoms with E-state index in [0.717, 1.165) is 55.2 Å². The zero-order valence-electron chi connectivity index (χ0n) is 12.1. The summed E-state index contributed by atoms with van der Waals surface area (Å²) in [4.78, 5) is 12.1. The molecular formula is C17H20O3. The number of rotatable bonds is 3. The zero-order chi connectivity index (χ0) is 14.1. The van der Waals surface area contributed by atoms with Crippen LogP contribution in [-0.4, -0.2) is 7.11 Å². The number of benzene rings is 1. The van der Waals surface area contributed by atoms with Gasteiger partial charge >= 0.3 is 5.63 Å². The summed E-state index contributed by atoms with van der Waals surface area (Å²) in [5.74, 6) is 0.818. The molecule has 1 aromatic carbocycles. The Morgan fingerprint density at radius 2 is 1.95 bits per heavy atom. The maximum absolute atomic E-state index is 12.1. The maximum atomic E-state index is 12.1. The molecular weight excluding hydrogens is 252 g/mol. The normalized spacial score (nSPS) is 14.3. The number of hydrogen-bond acceptors (Lipinski definition) is 3. The van der Waals surface area contributed by atoms with Crippen LogP contribution in [0.4, 0.5) is 0 Å². The van der Waals surface area contributed by atoms with E-state index in [1.807, 2.05) is 6.07 Å². The Hall–Kier alpha value is -1.77. The van der Waals surface area contributed by atoms with E-state index in [1.54, 1.807) is 7.11 Å². The fourth-order valence-electron chi connectivity index (χ4n) is 3.17. The molecule has 1 aliphatic carbocycles. The van der Waals surface area contributed by atoms with Crippen molar-refractivity contribution in [3.05, 3.63) is 39.2 Å². The van der Waals surface area contributed by atoms with Gasteiger partial charge in [-0.3, -0.25) is 0 Å². The minimum Gasteiger partial charge on any atom is -0.496 e. The van der Waals surface area contributed by atoms with Gasteiger partial charge in [0.25, 0.3) is 0 Å². The van der Waals surface area contributed by atoms with Crippen molar-refractivity contribution in [3.63, 3.8) is 0 Å². The lowest BCUT2D eigenvalue weighted by molar-refractivity contribution is 0.408. The van der Waals surface area contributed by atoms with E-state index >= 15 is 0 Å². The monoisotopic (exact) mass is 272 g/mol. The van der Waals surface area contributed by atoms with E-state index < -0.39 is 0 Å². The second-order valence-corrected chi connectivity index (χ2v) is 5.46. The molecule has 3 nitrogen and oxygen atoms in total. The first-order chi connectivity index (χ1) is 9.74. The van der Waals surface area contributed by atoms with Crippen LogP contribution in [0.3, 0.4) is 0 Å². The second kappa shape index (κ2) is 5.31. The van der Waals surface area contributed by atoms with Crippen molar-refractivity contribution in [1.29, 1.82) is 0 Å². The molecule has 0 bridgehead atoms. The predicted octanol–water partition coefficient (Wildman–Crippen LogP) is 3.63. The highest BCUT2D eigenvalue weighted by molar-refractivity contribution is 5.84. The van der Waals surface area contributed by atoms with Crippen molar-refractivity contribution in [1.82, 2.24) is 0 Å². The van der Waals surface area contributed by atoms with Crippen molar-refractivity contribution in [2.45, 2.75) is 45.4 Å². The third-order valence-corrected chi connectivity index (χ3v) is 4.14. The molecule has 20 heavy (non-hydrogen) atoms. The van der Waals surface area contributed by atoms with Gasteiger partial charge in [0.05, 0.1) is 7.11 Å². The van der Waals surface area contributed by atoms with E-state index in [9.17, 15) is 4.79 Å². The highest BCUT2D eigenvalue weighted by atomic mass is 16.5. The highest BCUT2D eigenvalue weighted by Gasteiger charge is 2.19. The first kappa shape index (κ1) is 13.2. The number of methoxy groups -OCH3 is 1. The molecule has 1 heterocycles. The van der Waals surface area contributed by atoms with Crippen LogP contribution < -0.4 is 10.4 Å². The summed E-state index contributed by atoms with van der Waals surface area (Å²) in [6.07, 6.45) is 6.12. The molecule has 1 aromatic heterocycles. The SMILES string of the molecule is CCCc1cc2c3c(c(=O)oc2cc1OC)CCCC3. The Bertz CT molecular complexity index is 697. The average molecular weight is 272 g/mol. The molecule has 0 unspecified atom stereocenters. The van der Waals surface area contributed by atoms with Gasteiger partial charge in [-0.15, -0.1) is 0 Å². The lowest BCUT2D eigenvalue weighted by Gasteiger charge is -2.17. The molecule has 3 heteroatoms. The number of hydrogen-bond donors (Lipinski definition) is 0. The molecule has 3 rings (SSSR count). The number of ether oxygens (including phenoxy) is 1. The minimum atomic E-state index is -0.169. The quantitative estimate of drug-likeness (QED) is 0.801. The number of fused-ring (bicyclic) bond motifs is 3. The first-order valence-electron chi connectivity index (χ1n) is 7.40. The van der Waals surface area contributed by atoms with E-state index in [4.69, 9.17) is 9.15 Å². The van der Waals surface area contributed by atoms with E-state index in [0.29, 0.717) is 5.58 Å². The van der Waals surface area contributed by atoms with Crippen molar-refractivity contribution >= 4 is 11.0 Å².